The van der Waals surface area contributed by atoms with Gasteiger partial charge in [0.15, 0.2) is 0 Å². The Morgan fingerprint density at radius 1 is 1.12 bits per heavy atom. The van der Waals surface area contributed by atoms with Crippen LogP contribution in [-0.4, -0.2) is 45.8 Å². The Morgan fingerprint density at radius 3 is 2.62 bits per heavy atom. The molecule has 1 fully saturated rings. The molecule has 2 aromatic heterocycles. The molecule has 0 spiro atoms. The van der Waals surface area contributed by atoms with Crippen molar-refractivity contribution in [2.24, 2.45) is 0 Å². The second kappa shape index (κ2) is 9.90. The topological polar surface area (TPSA) is 103 Å². The summed E-state index contributed by atoms with van der Waals surface area (Å²) < 4.78 is 0. The highest BCUT2D eigenvalue weighted by Crippen LogP contribution is 2.24. The van der Waals surface area contributed by atoms with Gasteiger partial charge in [-0.05, 0) is 42.5 Å². The third-order valence-electron chi connectivity index (χ3n) is 5.29. The van der Waals surface area contributed by atoms with Gasteiger partial charge in [-0.3, -0.25) is 5.32 Å². The molecule has 1 atom stereocenters. The zero-order valence-electron chi connectivity index (χ0n) is 17.5. The molecule has 1 aliphatic rings. The lowest BCUT2D eigenvalue weighted by molar-refractivity contribution is 0.225. The fraction of sp³-hybridized carbons (Fsp3) is 0.250. The van der Waals surface area contributed by atoms with Crippen LogP contribution >= 0.6 is 0 Å². The van der Waals surface area contributed by atoms with E-state index in [2.05, 4.69) is 31.4 Å². The Morgan fingerprint density at radius 2 is 1.91 bits per heavy atom. The van der Waals surface area contributed by atoms with Gasteiger partial charge in [0, 0.05) is 24.8 Å². The maximum Gasteiger partial charge on any atom is 0.320 e. The Kier molecular flexibility index (Phi) is 6.58. The Labute approximate surface area is 186 Å². The first-order chi connectivity index (χ1) is 15.7. The number of hydrogen-bond acceptors (Lipinski definition) is 6. The number of nitrogens with zero attached hydrogens (tertiary/aromatic N) is 4. The van der Waals surface area contributed by atoms with Crippen LogP contribution in [0.1, 0.15) is 30.3 Å². The second-order valence-corrected chi connectivity index (χ2v) is 7.44. The van der Waals surface area contributed by atoms with Crippen LogP contribution in [0.15, 0.2) is 54.7 Å². The first kappa shape index (κ1) is 21.3. The third-order valence-corrected chi connectivity index (χ3v) is 5.29. The van der Waals surface area contributed by atoms with Gasteiger partial charge in [0.1, 0.15) is 11.6 Å². The van der Waals surface area contributed by atoms with Crippen LogP contribution in [0, 0.1) is 12.3 Å². The van der Waals surface area contributed by atoms with Crippen molar-refractivity contribution >= 4 is 17.7 Å². The number of benzene rings is 1. The molecule has 2 amide bonds. The number of hydrogen-bond donors (Lipinski definition) is 3. The van der Waals surface area contributed by atoms with Crippen LogP contribution in [0.5, 0.6) is 0 Å². The highest BCUT2D eigenvalue weighted by atomic mass is 16.3. The number of aromatic nitrogens is 3. The zero-order valence-corrected chi connectivity index (χ0v) is 17.5. The van der Waals surface area contributed by atoms with Gasteiger partial charge in [0.25, 0.3) is 0 Å². The fourth-order valence-electron chi connectivity index (χ4n) is 3.64. The highest BCUT2D eigenvalue weighted by molar-refractivity contribution is 5.88. The maximum absolute atomic E-state index is 12.3. The number of carbonyl (C=O) groups is 1. The van der Waals surface area contributed by atoms with Crippen LogP contribution in [0.3, 0.4) is 0 Å². The van der Waals surface area contributed by atoms with Crippen LogP contribution < -0.4 is 15.5 Å². The summed E-state index contributed by atoms with van der Waals surface area (Å²) in [5.41, 5.74) is 2.63. The molecule has 8 nitrogen and oxygen atoms in total. The van der Waals surface area contributed by atoms with Crippen LogP contribution in [0.2, 0.25) is 0 Å². The number of pyridine rings is 1. The number of nitrogens with one attached hydrogen (secondary N) is 2. The maximum atomic E-state index is 12.3. The van der Waals surface area contributed by atoms with Gasteiger partial charge in [0.05, 0.1) is 18.3 Å². The standard InChI is InChI=1S/C24H24N6O2/c1-2-21-25-13-12-22(28-21)29-24(32)27-20(16-31)18-10-8-17(9-11-18)19-6-5-7-23(26-19)30-14-3-4-15-30/h1,5-13,20,31H,3-4,14-16H2,(H2,25,27,28,29,32)/t20-/m0/s1. The molecule has 0 aliphatic carbocycles. The van der Waals surface area contributed by atoms with E-state index in [1.54, 1.807) is 0 Å². The minimum atomic E-state index is -0.582. The van der Waals surface area contributed by atoms with Gasteiger partial charge in [-0.15, -0.1) is 6.42 Å². The van der Waals surface area contributed by atoms with Crippen LogP contribution in [-0.2, 0) is 0 Å². The Balaban J connectivity index is 1.43. The SMILES string of the molecule is C#Cc1nccc(NC(=O)N[C@@H](CO)c2ccc(-c3cccc(N4CCCC4)n3)cc2)n1. The predicted octanol–water partition coefficient (Wildman–Crippen LogP) is 2.98. The number of aliphatic hydroxyl groups is 1. The fourth-order valence-corrected chi connectivity index (χ4v) is 3.64. The van der Waals surface area contributed by atoms with E-state index in [9.17, 15) is 9.90 Å². The van der Waals surface area contributed by atoms with E-state index >= 15 is 0 Å². The first-order valence-electron chi connectivity index (χ1n) is 10.5. The van der Waals surface area contributed by atoms with E-state index in [1.807, 2.05) is 42.5 Å². The number of urea groups is 1. The molecule has 0 saturated carbocycles. The molecule has 0 radical (unpaired) electrons. The van der Waals surface area contributed by atoms with Crippen molar-refractivity contribution in [3.63, 3.8) is 0 Å². The lowest BCUT2D eigenvalue weighted by atomic mass is 10.0. The van der Waals surface area contributed by atoms with Gasteiger partial charge >= 0.3 is 6.03 Å². The molecule has 4 rings (SSSR count). The van der Waals surface area contributed by atoms with E-state index in [0.717, 1.165) is 35.7 Å². The van der Waals surface area contributed by atoms with Gasteiger partial charge in [0.2, 0.25) is 5.82 Å². The predicted molar refractivity (Wildman–Crippen MR) is 123 cm³/mol. The molecule has 0 unspecified atom stereocenters. The van der Waals surface area contributed by atoms with Gasteiger partial charge in [-0.25, -0.2) is 19.7 Å². The molecule has 1 aromatic carbocycles. The molecule has 0 bridgehead atoms. The summed E-state index contributed by atoms with van der Waals surface area (Å²) in [7, 11) is 0. The van der Waals surface area contributed by atoms with Gasteiger partial charge < -0.3 is 15.3 Å². The lowest BCUT2D eigenvalue weighted by Gasteiger charge is -2.18. The van der Waals surface area contributed by atoms with Crippen molar-refractivity contribution in [3.05, 3.63) is 66.1 Å². The van der Waals surface area contributed by atoms with Crippen LogP contribution in [0.4, 0.5) is 16.4 Å². The molecule has 8 heteroatoms. The summed E-state index contributed by atoms with van der Waals surface area (Å²) in [6.07, 6.45) is 9.14. The van der Waals surface area contributed by atoms with Crippen molar-refractivity contribution in [2.45, 2.75) is 18.9 Å². The Hall–Kier alpha value is -3.96. The number of anilines is 2. The van der Waals surface area contributed by atoms with Crippen molar-refractivity contribution in [2.75, 3.05) is 29.9 Å². The van der Waals surface area contributed by atoms with Gasteiger partial charge in [-0.2, -0.15) is 0 Å². The van der Waals surface area contributed by atoms with E-state index in [4.69, 9.17) is 11.4 Å². The number of carbonyl (C=O) groups excluding carboxylic acids is 1. The van der Waals surface area contributed by atoms with Gasteiger partial charge in [-0.1, -0.05) is 30.3 Å². The average molecular weight is 428 g/mol. The molecule has 162 valence electrons. The smallest absolute Gasteiger partial charge is 0.320 e. The summed E-state index contributed by atoms with van der Waals surface area (Å²) in [5.74, 6) is 3.77. The molecule has 3 aromatic rings. The molecule has 1 aliphatic heterocycles. The van der Waals surface area contributed by atoms with E-state index in [1.165, 1.54) is 25.1 Å². The van der Waals surface area contributed by atoms with Crippen molar-refractivity contribution in [3.8, 4) is 23.6 Å². The minimum Gasteiger partial charge on any atom is -0.394 e. The van der Waals surface area contributed by atoms with Crippen LogP contribution in [0.25, 0.3) is 11.3 Å². The summed E-state index contributed by atoms with van der Waals surface area (Å²) in [6, 6.07) is 14.1. The highest BCUT2D eigenvalue weighted by Gasteiger charge is 2.16. The van der Waals surface area contributed by atoms with Crippen molar-refractivity contribution in [1.82, 2.24) is 20.3 Å². The molecular weight excluding hydrogens is 404 g/mol. The van der Waals surface area contributed by atoms with Crippen molar-refractivity contribution < 1.29 is 9.90 Å². The van der Waals surface area contributed by atoms with E-state index < -0.39 is 12.1 Å². The summed E-state index contributed by atoms with van der Waals surface area (Å²) in [6.45, 7) is 1.83. The summed E-state index contributed by atoms with van der Waals surface area (Å²) in [4.78, 5) is 27.4. The van der Waals surface area contributed by atoms with Crippen molar-refractivity contribution in [1.29, 1.82) is 0 Å². The second-order valence-electron chi connectivity index (χ2n) is 7.44. The molecular formula is C24H24N6O2. The molecule has 1 saturated heterocycles. The monoisotopic (exact) mass is 428 g/mol. The number of aliphatic hydroxyl groups excluding tert-OH is 1. The Bertz CT molecular complexity index is 1120. The normalized spacial score (nSPS) is 13.9. The molecule has 32 heavy (non-hydrogen) atoms. The largest absolute Gasteiger partial charge is 0.394 e. The number of amides is 2. The van der Waals surface area contributed by atoms with E-state index in [-0.39, 0.29) is 18.2 Å². The average Bonchev–Trinajstić information content (AvgIpc) is 3.38. The number of rotatable bonds is 6. The lowest BCUT2D eigenvalue weighted by Crippen LogP contribution is -2.34. The van der Waals surface area contributed by atoms with E-state index in [0.29, 0.717) is 0 Å². The quantitative estimate of drug-likeness (QED) is 0.522. The summed E-state index contributed by atoms with van der Waals surface area (Å²) in [5, 5.41) is 15.1. The number of terminal acetylenes is 1. The summed E-state index contributed by atoms with van der Waals surface area (Å²) >= 11 is 0. The third kappa shape index (κ3) is 5.02. The minimum absolute atomic E-state index is 0.180. The first-order valence-corrected chi connectivity index (χ1v) is 10.5. The molecule has 3 N–H and O–H groups in total. The zero-order chi connectivity index (χ0) is 22.3. The molecule has 3 heterocycles.